The lowest BCUT2D eigenvalue weighted by Crippen LogP contribution is -1.97. The monoisotopic (exact) mass is 253 g/mol. The maximum absolute atomic E-state index is 13.1. The Balaban J connectivity index is 3.14. The molecule has 0 aliphatic carbocycles. The first-order valence-electron chi connectivity index (χ1n) is 3.88. The number of nitro groups is 1. The second-order valence-electron chi connectivity index (χ2n) is 2.53. The minimum Gasteiger partial charge on any atom is -0.258 e. The van der Waals surface area contributed by atoms with E-state index in [-0.39, 0.29) is 10.8 Å². The number of nitro benzene ring substituents is 1. The van der Waals surface area contributed by atoms with Crippen molar-refractivity contribution in [2.75, 3.05) is 11.6 Å². The van der Waals surface area contributed by atoms with Crippen molar-refractivity contribution in [3.05, 3.63) is 33.9 Å². The summed E-state index contributed by atoms with van der Waals surface area (Å²) in [5, 5.41) is 10.5. The van der Waals surface area contributed by atoms with Crippen molar-refractivity contribution in [3.8, 4) is 0 Å². The molecule has 0 aromatic heterocycles. The van der Waals surface area contributed by atoms with Crippen LogP contribution in [0.5, 0.6) is 0 Å². The lowest BCUT2D eigenvalue weighted by molar-refractivity contribution is -0.390. The van der Waals surface area contributed by atoms with Gasteiger partial charge in [0.05, 0.1) is 9.82 Å². The molecule has 0 spiro atoms. The molecule has 0 atom stereocenters. The minimum atomic E-state index is -1.17. The number of benzene rings is 1. The fraction of sp³-hybridized carbons (Fsp3) is 0.250. The van der Waals surface area contributed by atoms with E-state index in [1.807, 2.05) is 0 Å². The minimum absolute atomic E-state index is 0.0434. The first-order chi connectivity index (χ1) is 7.06. The highest BCUT2D eigenvalue weighted by Gasteiger charge is 2.21. The standard InChI is InChI=1S/C8H6ClF2NO2S/c9-1-2-15-7-4-5(10)3-6(11)8(7)12(13)14/h3-4H,1-2H2. The molecule has 82 valence electrons. The average molecular weight is 254 g/mol. The number of thioether (sulfide) groups is 1. The molecule has 1 rings (SSSR count). The topological polar surface area (TPSA) is 43.1 Å². The van der Waals surface area contributed by atoms with Crippen LogP contribution in [0.4, 0.5) is 14.5 Å². The third-order valence-electron chi connectivity index (χ3n) is 1.51. The van der Waals surface area contributed by atoms with Gasteiger partial charge in [-0.3, -0.25) is 10.1 Å². The van der Waals surface area contributed by atoms with E-state index in [9.17, 15) is 18.9 Å². The summed E-state index contributed by atoms with van der Waals surface area (Å²) >= 11 is 6.33. The second-order valence-corrected chi connectivity index (χ2v) is 4.04. The Morgan fingerprint density at radius 2 is 2.13 bits per heavy atom. The Bertz CT molecular complexity index is 389. The van der Waals surface area contributed by atoms with Crippen LogP contribution in [0.3, 0.4) is 0 Å². The Morgan fingerprint density at radius 3 is 2.67 bits per heavy atom. The lowest BCUT2D eigenvalue weighted by Gasteiger charge is -2.02. The molecule has 0 heterocycles. The molecule has 1 aromatic rings. The highest BCUT2D eigenvalue weighted by Crippen LogP contribution is 2.32. The summed E-state index contributed by atoms with van der Waals surface area (Å²) in [6, 6.07) is 1.42. The molecule has 0 bridgehead atoms. The third kappa shape index (κ3) is 3.04. The molecule has 0 N–H and O–H groups in total. The molecule has 3 nitrogen and oxygen atoms in total. The molecule has 0 aliphatic heterocycles. The summed E-state index contributed by atoms with van der Waals surface area (Å²) in [5.41, 5.74) is -0.702. The fourth-order valence-electron chi connectivity index (χ4n) is 0.978. The summed E-state index contributed by atoms with van der Waals surface area (Å²) in [7, 11) is 0. The quantitative estimate of drug-likeness (QED) is 0.358. The number of nitrogens with zero attached hydrogens (tertiary/aromatic N) is 1. The van der Waals surface area contributed by atoms with Crippen LogP contribution in [0.15, 0.2) is 17.0 Å². The molecule has 15 heavy (non-hydrogen) atoms. The van der Waals surface area contributed by atoms with Gasteiger partial charge in [0.15, 0.2) is 0 Å². The molecule has 7 heteroatoms. The van der Waals surface area contributed by atoms with Crippen LogP contribution in [0.2, 0.25) is 0 Å². The van der Waals surface area contributed by atoms with Gasteiger partial charge in [0.2, 0.25) is 5.82 Å². The Kier molecular flexibility index (Phi) is 4.28. The number of hydrogen-bond donors (Lipinski definition) is 0. The largest absolute Gasteiger partial charge is 0.318 e. The number of hydrogen-bond acceptors (Lipinski definition) is 3. The van der Waals surface area contributed by atoms with Gasteiger partial charge >= 0.3 is 5.69 Å². The van der Waals surface area contributed by atoms with Gasteiger partial charge in [-0.2, -0.15) is 4.39 Å². The van der Waals surface area contributed by atoms with Crippen molar-refractivity contribution in [2.24, 2.45) is 0 Å². The van der Waals surface area contributed by atoms with Crippen LogP contribution in [-0.2, 0) is 0 Å². The molecule has 0 amide bonds. The summed E-state index contributed by atoms with van der Waals surface area (Å²) in [6.07, 6.45) is 0. The highest BCUT2D eigenvalue weighted by atomic mass is 35.5. The predicted octanol–water partition coefficient (Wildman–Crippen LogP) is 3.20. The first kappa shape index (κ1) is 12.2. The van der Waals surface area contributed by atoms with E-state index >= 15 is 0 Å². The number of halogens is 3. The van der Waals surface area contributed by atoms with Gasteiger partial charge in [-0.05, 0) is 6.07 Å². The molecule has 1 aromatic carbocycles. The molecule has 0 fully saturated rings. The zero-order valence-corrected chi connectivity index (χ0v) is 8.95. The predicted molar refractivity (Wildman–Crippen MR) is 54.5 cm³/mol. The van der Waals surface area contributed by atoms with Gasteiger partial charge in [-0.25, -0.2) is 4.39 Å². The van der Waals surface area contributed by atoms with E-state index in [0.29, 0.717) is 11.8 Å². The SMILES string of the molecule is O=[N+]([O-])c1c(F)cc(F)cc1SCCCl. The second kappa shape index (κ2) is 5.27. The van der Waals surface area contributed by atoms with Gasteiger partial charge < -0.3 is 0 Å². The lowest BCUT2D eigenvalue weighted by atomic mass is 10.3. The Hall–Kier alpha value is -0.880. The molecular formula is C8H6ClF2NO2S. The van der Waals surface area contributed by atoms with E-state index in [2.05, 4.69) is 0 Å². The average Bonchev–Trinajstić information content (AvgIpc) is 2.12. The first-order valence-corrected chi connectivity index (χ1v) is 5.40. The van der Waals surface area contributed by atoms with Crippen molar-refractivity contribution in [2.45, 2.75) is 4.90 Å². The highest BCUT2D eigenvalue weighted by molar-refractivity contribution is 7.99. The zero-order valence-electron chi connectivity index (χ0n) is 7.37. The van der Waals surface area contributed by atoms with Gasteiger partial charge in [0, 0.05) is 17.7 Å². The normalized spacial score (nSPS) is 10.3. The summed E-state index contributed by atoms with van der Waals surface area (Å²) < 4.78 is 25.9. The molecule has 0 aliphatic rings. The maximum Gasteiger partial charge on any atom is 0.318 e. The maximum atomic E-state index is 13.1. The van der Waals surface area contributed by atoms with Crippen molar-refractivity contribution in [1.29, 1.82) is 0 Å². The number of rotatable bonds is 4. The van der Waals surface area contributed by atoms with Crippen molar-refractivity contribution in [3.63, 3.8) is 0 Å². The number of alkyl halides is 1. The molecule has 0 radical (unpaired) electrons. The van der Waals surface area contributed by atoms with Crippen LogP contribution >= 0.6 is 23.4 Å². The molecule has 0 unspecified atom stereocenters. The summed E-state index contributed by atoms with van der Waals surface area (Å²) in [5.74, 6) is -1.40. The van der Waals surface area contributed by atoms with Gasteiger partial charge in [-0.1, -0.05) is 0 Å². The van der Waals surface area contributed by atoms with Crippen LogP contribution in [0, 0.1) is 21.7 Å². The van der Waals surface area contributed by atoms with E-state index in [0.717, 1.165) is 17.8 Å². The summed E-state index contributed by atoms with van der Waals surface area (Å²) in [4.78, 5) is 9.60. The fourth-order valence-corrected chi connectivity index (χ4v) is 2.01. The van der Waals surface area contributed by atoms with E-state index in [1.54, 1.807) is 0 Å². The summed E-state index contributed by atoms with van der Waals surface area (Å²) in [6.45, 7) is 0. The zero-order chi connectivity index (χ0) is 11.4. The molecular weight excluding hydrogens is 248 g/mol. The van der Waals surface area contributed by atoms with Crippen molar-refractivity contribution >= 4 is 29.1 Å². The van der Waals surface area contributed by atoms with Gasteiger partial charge in [0.1, 0.15) is 5.82 Å². The van der Waals surface area contributed by atoms with Crippen molar-refractivity contribution in [1.82, 2.24) is 0 Å². The van der Waals surface area contributed by atoms with Crippen LogP contribution in [0.1, 0.15) is 0 Å². The van der Waals surface area contributed by atoms with E-state index in [1.165, 1.54) is 0 Å². The van der Waals surface area contributed by atoms with Gasteiger partial charge in [0.25, 0.3) is 0 Å². The van der Waals surface area contributed by atoms with Gasteiger partial charge in [-0.15, -0.1) is 23.4 Å². The van der Waals surface area contributed by atoms with E-state index in [4.69, 9.17) is 11.6 Å². The smallest absolute Gasteiger partial charge is 0.258 e. The Labute approximate surface area is 93.6 Å². The van der Waals surface area contributed by atoms with Crippen LogP contribution in [0.25, 0.3) is 0 Å². The van der Waals surface area contributed by atoms with Crippen LogP contribution in [-0.4, -0.2) is 16.6 Å². The van der Waals surface area contributed by atoms with E-state index < -0.39 is 22.2 Å². The molecule has 0 saturated heterocycles. The van der Waals surface area contributed by atoms with Crippen molar-refractivity contribution < 1.29 is 13.7 Å². The third-order valence-corrected chi connectivity index (χ3v) is 2.95. The molecule has 0 saturated carbocycles. The van der Waals surface area contributed by atoms with Crippen LogP contribution < -0.4 is 0 Å². The Morgan fingerprint density at radius 1 is 1.47 bits per heavy atom.